The number of likely N-dealkylation sites (tertiary alicyclic amines) is 1. The first kappa shape index (κ1) is 26.3. The van der Waals surface area contributed by atoms with Crippen LogP contribution in [0.4, 0.5) is 0 Å². The Morgan fingerprint density at radius 2 is 1.73 bits per heavy atom. The zero-order valence-corrected chi connectivity index (χ0v) is 21.8. The number of ether oxygens (including phenoxy) is 2. The summed E-state index contributed by atoms with van der Waals surface area (Å²) >= 11 is 0. The fraction of sp³-hybridized carbons (Fsp3) is 0.741. The molecule has 0 aromatic heterocycles. The number of rotatable bonds is 9. The van der Waals surface area contributed by atoms with E-state index in [4.69, 9.17) is 14.6 Å². The van der Waals surface area contributed by atoms with E-state index in [9.17, 15) is 14.4 Å². The fourth-order valence-corrected chi connectivity index (χ4v) is 6.59. The van der Waals surface area contributed by atoms with Crippen molar-refractivity contribution < 1.29 is 29.0 Å². The van der Waals surface area contributed by atoms with E-state index in [0.717, 1.165) is 45.3 Å². The number of amides is 3. The van der Waals surface area contributed by atoms with E-state index < -0.39 is 29.6 Å². The van der Waals surface area contributed by atoms with Gasteiger partial charge in [-0.25, -0.2) is 0 Å². The second kappa shape index (κ2) is 11.2. The molecule has 37 heavy (non-hydrogen) atoms. The number of hydrogen-bond acceptors (Lipinski definition) is 7. The van der Waals surface area contributed by atoms with Gasteiger partial charge >= 0.3 is 0 Å². The van der Waals surface area contributed by atoms with Crippen molar-refractivity contribution in [3.63, 3.8) is 0 Å². The third-order valence-corrected chi connectivity index (χ3v) is 8.54. The predicted octanol–water partition coefficient (Wildman–Crippen LogP) is -0.121. The van der Waals surface area contributed by atoms with Gasteiger partial charge in [0.25, 0.3) is 0 Å². The summed E-state index contributed by atoms with van der Waals surface area (Å²) in [6.45, 7) is 5.93. The maximum absolute atomic E-state index is 14.2. The van der Waals surface area contributed by atoms with Gasteiger partial charge in [-0.2, -0.15) is 0 Å². The van der Waals surface area contributed by atoms with Crippen LogP contribution in [-0.2, 0) is 23.9 Å². The summed E-state index contributed by atoms with van der Waals surface area (Å²) in [4.78, 5) is 49.1. The van der Waals surface area contributed by atoms with Gasteiger partial charge in [-0.05, 0) is 12.8 Å². The Bertz CT molecular complexity index is 934. The molecule has 0 aromatic rings. The average Bonchev–Trinajstić information content (AvgIpc) is 3.22. The third-order valence-electron chi connectivity index (χ3n) is 8.54. The van der Waals surface area contributed by atoms with E-state index >= 15 is 0 Å². The van der Waals surface area contributed by atoms with Crippen molar-refractivity contribution in [1.82, 2.24) is 19.6 Å². The molecular weight excluding hydrogens is 476 g/mol. The number of aliphatic hydroxyl groups is 1. The first-order valence-electron chi connectivity index (χ1n) is 13.8. The monoisotopic (exact) mass is 516 g/mol. The smallest absolute Gasteiger partial charge is 0.249 e. The quantitative estimate of drug-likeness (QED) is 0.337. The second-order valence-electron chi connectivity index (χ2n) is 10.8. The van der Waals surface area contributed by atoms with Gasteiger partial charge in [-0.3, -0.25) is 19.3 Å². The van der Waals surface area contributed by atoms with Crippen LogP contribution in [0.3, 0.4) is 0 Å². The van der Waals surface area contributed by atoms with E-state index in [1.54, 1.807) is 16.8 Å². The summed E-state index contributed by atoms with van der Waals surface area (Å²) in [5.41, 5.74) is -1.15. The van der Waals surface area contributed by atoms with Crippen LogP contribution in [0.15, 0.2) is 24.3 Å². The van der Waals surface area contributed by atoms with Gasteiger partial charge in [0.05, 0.1) is 31.2 Å². The first-order chi connectivity index (χ1) is 18.0. The Balaban J connectivity index is 1.42. The summed E-state index contributed by atoms with van der Waals surface area (Å²) in [6, 6.07) is -0.787. The number of morpholine rings is 1. The van der Waals surface area contributed by atoms with Gasteiger partial charge in [-0.15, -0.1) is 0 Å². The summed E-state index contributed by atoms with van der Waals surface area (Å²) in [6.07, 6.45) is 10.3. The van der Waals surface area contributed by atoms with Crippen LogP contribution >= 0.6 is 0 Å². The van der Waals surface area contributed by atoms with Crippen molar-refractivity contribution >= 4 is 17.7 Å². The number of fused-ring (bicyclic) bond motifs is 2. The summed E-state index contributed by atoms with van der Waals surface area (Å²) in [5, 5.41) is 9.11. The largest absolute Gasteiger partial charge is 0.396 e. The highest BCUT2D eigenvalue weighted by molar-refractivity contribution is 5.99. The Morgan fingerprint density at radius 1 is 0.946 bits per heavy atom. The van der Waals surface area contributed by atoms with Crippen molar-refractivity contribution in [3.05, 3.63) is 24.3 Å². The molecule has 3 amide bonds. The van der Waals surface area contributed by atoms with E-state index in [0.29, 0.717) is 39.4 Å². The lowest BCUT2D eigenvalue weighted by Crippen LogP contribution is -2.56. The van der Waals surface area contributed by atoms with E-state index in [2.05, 4.69) is 4.90 Å². The standard InChI is InChI=1S/C27H40N4O6/c1-28-10-6-8-20-21(24(28)33)22-25(34)31(12-4-2-3-5-17-32)23-26(35)30(11-7-9-27(22,23)37-20)14-13-29-15-18-36-19-16-29/h6-9,20-23,32H,2-5,10-19H2,1H3/t20-,21+,22+,23?,27+/m1/s1. The molecule has 3 fully saturated rings. The normalized spacial score (nSPS) is 34.0. The van der Waals surface area contributed by atoms with Crippen molar-refractivity contribution in [1.29, 1.82) is 0 Å². The molecule has 3 saturated heterocycles. The van der Waals surface area contributed by atoms with Crippen molar-refractivity contribution in [2.45, 2.75) is 43.4 Å². The number of aliphatic hydroxyl groups excluding tert-OH is 1. The molecule has 5 aliphatic heterocycles. The fourth-order valence-electron chi connectivity index (χ4n) is 6.59. The highest BCUT2D eigenvalue weighted by Gasteiger charge is 2.71. The predicted molar refractivity (Wildman–Crippen MR) is 135 cm³/mol. The zero-order chi connectivity index (χ0) is 26.0. The Hall–Kier alpha value is -2.27. The summed E-state index contributed by atoms with van der Waals surface area (Å²) in [5.74, 6) is -1.74. The second-order valence-corrected chi connectivity index (χ2v) is 10.8. The van der Waals surface area contributed by atoms with E-state index in [1.807, 2.05) is 29.2 Å². The molecule has 5 atom stereocenters. The van der Waals surface area contributed by atoms with Crippen molar-refractivity contribution in [2.24, 2.45) is 11.8 Å². The molecule has 1 spiro atoms. The molecule has 0 bridgehead atoms. The van der Waals surface area contributed by atoms with Gasteiger partial charge in [-0.1, -0.05) is 37.1 Å². The molecule has 0 saturated carbocycles. The number of carbonyl (C=O) groups is 3. The summed E-state index contributed by atoms with van der Waals surface area (Å²) in [7, 11) is 1.75. The number of nitrogens with zero attached hydrogens (tertiary/aromatic N) is 4. The minimum atomic E-state index is -1.15. The number of likely N-dealkylation sites (N-methyl/N-ethyl adjacent to an activating group) is 1. The lowest BCUT2D eigenvalue weighted by atomic mass is 9.77. The minimum absolute atomic E-state index is 0.106. The molecule has 5 aliphatic rings. The van der Waals surface area contributed by atoms with Crippen LogP contribution < -0.4 is 0 Å². The van der Waals surface area contributed by atoms with Gasteiger partial charge in [0.15, 0.2) is 0 Å². The molecule has 1 unspecified atom stereocenters. The first-order valence-corrected chi connectivity index (χ1v) is 13.8. The molecule has 5 rings (SSSR count). The molecule has 0 radical (unpaired) electrons. The molecular formula is C27H40N4O6. The molecule has 0 aromatic carbocycles. The van der Waals surface area contributed by atoms with E-state index in [1.165, 1.54) is 0 Å². The third kappa shape index (κ3) is 4.84. The maximum atomic E-state index is 14.2. The minimum Gasteiger partial charge on any atom is -0.396 e. The molecule has 0 aliphatic carbocycles. The molecule has 10 nitrogen and oxygen atoms in total. The number of hydrogen-bond donors (Lipinski definition) is 1. The molecule has 204 valence electrons. The van der Waals surface area contributed by atoms with E-state index in [-0.39, 0.29) is 24.3 Å². The van der Waals surface area contributed by atoms with Crippen LogP contribution in [0.2, 0.25) is 0 Å². The Labute approximate surface area is 218 Å². The molecule has 5 heterocycles. The van der Waals surface area contributed by atoms with Gasteiger partial charge in [0, 0.05) is 59.5 Å². The van der Waals surface area contributed by atoms with Crippen molar-refractivity contribution in [3.8, 4) is 0 Å². The zero-order valence-electron chi connectivity index (χ0n) is 21.8. The van der Waals surface area contributed by atoms with Crippen molar-refractivity contribution in [2.75, 3.05) is 72.7 Å². The maximum Gasteiger partial charge on any atom is 0.249 e. The van der Waals surface area contributed by atoms with Gasteiger partial charge in [0.2, 0.25) is 17.7 Å². The number of unbranched alkanes of at least 4 members (excludes halogenated alkanes) is 3. The van der Waals surface area contributed by atoms with Gasteiger partial charge < -0.3 is 29.3 Å². The topological polar surface area (TPSA) is 103 Å². The highest BCUT2D eigenvalue weighted by atomic mass is 16.5. The lowest BCUT2D eigenvalue weighted by Gasteiger charge is -2.36. The lowest BCUT2D eigenvalue weighted by molar-refractivity contribution is -0.148. The molecule has 10 heteroatoms. The van der Waals surface area contributed by atoms with Crippen LogP contribution in [0.25, 0.3) is 0 Å². The van der Waals surface area contributed by atoms with Gasteiger partial charge in [0.1, 0.15) is 11.6 Å². The average molecular weight is 517 g/mol. The van der Waals surface area contributed by atoms with Crippen LogP contribution in [0.5, 0.6) is 0 Å². The van der Waals surface area contributed by atoms with Crippen LogP contribution in [0, 0.1) is 11.8 Å². The highest BCUT2D eigenvalue weighted by Crippen LogP contribution is 2.53. The Morgan fingerprint density at radius 3 is 2.51 bits per heavy atom. The molecule has 1 N–H and O–H groups in total. The number of carbonyl (C=O) groups excluding carboxylic acids is 3. The Kier molecular flexibility index (Phi) is 7.99. The SMILES string of the molecule is CN1CC=C[C@H]2O[C@]34C=CCN(CCN5CCOCC5)C(=O)C3N(CCCCCCO)C(=O)[C@@H]4[C@H]2C1=O. The van der Waals surface area contributed by atoms with Crippen LogP contribution in [-0.4, -0.2) is 133 Å². The summed E-state index contributed by atoms with van der Waals surface area (Å²) < 4.78 is 12.1. The van der Waals surface area contributed by atoms with Crippen LogP contribution in [0.1, 0.15) is 25.7 Å².